The molecule has 2 aliphatic rings. The Morgan fingerprint density at radius 2 is 1.55 bits per heavy atom. The molecule has 228 valence electrons. The van der Waals surface area contributed by atoms with Gasteiger partial charge in [-0.1, -0.05) is 90.5 Å². The molecule has 7 nitrogen and oxygen atoms in total. The summed E-state index contributed by atoms with van der Waals surface area (Å²) in [5.74, 6) is -1.12. The molecule has 2 saturated heterocycles. The van der Waals surface area contributed by atoms with Gasteiger partial charge < -0.3 is 29.4 Å². The topological polar surface area (TPSA) is 89.2 Å². The largest absolute Gasteiger partial charge is 0.494 e. The van der Waals surface area contributed by atoms with Crippen molar-refractivity contribution in [1.82, 2.24) is 0 Å². The molecule has 4 atom stereocenters. The molecule has 2 aliphatic heterocycles. The monoisotopic (exact) mass is 613 g/mol. The van der Waals surface area contributed by atoms with Crippen LogP contribution in [0.1, 0.15) is 41.2 Å². The van der Waals surface area contributed by atoms with Crippen molar-refractivity contribution in [2.75, 3.05) is 13.2 Å². The Balaban J connectivity index is 1.31. The Morgan fingerprint density at radius 3 is 2.18 bits per heavy atom. The molecule has 0 saturated carbocycles. The lowest BCUT2D eigenvalue weighted by Crippen LogP contribution is -2.64. The maximum absolute atomic E-state index is 13.2. The van der Waals surface area contributed by atoms with Crippen LogP contribution < -0.4 is 10.5 Å². The Morgan fingerprint density at radius 1 is 0.886 bits per heavy atom. The van der Waals surface area contributed by atoms with Gasteiger partial charge in [0.25, 0.3) is 5.91 Å². The Labute approximate surface area is 262 Å². The third-order valence-corrected chi connectivity index (χ3v) is 8.61. The molecular weight excluding hydrogens is 578 g/mol. The van der Waals surface area contributed by atoms with Crippen LogP contribution in [0.25, 0.3) is 0 Å². The van der Waals surface area contributed by atoms with Gasteiger partial charge in [0, 0.05) is 17.0 Å². The van der Waals surface area contributed by atoms with Crippen LogP contribution >= 0.6 is 11.6 Å². The summed E-state index contributed by atoms with van der Waals surface area (Å²) in [6.45, 7) is 3.08. The van der Waals surface area contributed by atoms with Gasteiger partial charge in [0.05, 0.1) is 32.5 Å². The molecule has 4 aromatic carbocycles. The van der Waals surface area contributed by atoms with Gasteiger partial charge in [-0.05, 0) is 59.9 Å². The van der Waals surface area contributed by atoms with Crippen LogP contribution in [0.5, 0.6) is 5.75 Å². The van der Waals surface area contributed by atoms with Crippen LogP contribution in [0.2, 0.25) is 5.02 Å². The number of primary amides is 1. The normalized spacial score (nSPS) is 24.2. The molecule has 2 fully saturated rings. The van der Waals surface area contributed by atoms with E-state index in [-0.39, 0.29) is 13.2 Å². The zero-order valence-electron chi connectivity index (χ0n) is 24.6. The molecule has 0 aromatic heterocycles. The first-order valence-corrected chi connectivity index (χ1v) is 15.2. The second-order valence-corrected chi connectivity index (χ2v) is 11.6. The molecule has 44 heavy (non-hydrogen) atoms. The van der Waals surface area contributed by atoms with Gasteiger partial charge in [-0.3, -0.25) is 4.79 Å². The second-order valence-electron chi connectivity index (χ2n) is 11.2. The van der Waals surface area contributed by atoms with Crippen molar-refractivity contribution in [1.29, 1.82) is 0 Å². The van der Waals surface area contributed by atoms with Crippen molar-refractivity contribution >= 4 is 17.5 Å². The summed E-state index contributed by atoms with van der Waals surface area (Å²) < 4.78 is 31.6. The Hall–Kier alpha value is -3.72. The van der Waals surface area contributed by atoms with Crippen molar-refractivity contribution < 1.29 is 28.5 Å². The van der Waals surface area contributed by atoms with E-state index in [4.69, 9.17) is 41.0 Å². The maximum atomic E-state index is 13.2. The average molecular weight is 614 g/mol. The molecule has 4 aromatic rings. The molecule has 8 heteroatoms. The minimum absolute atomic E-state index is 0.0656. The van der Waals surface area contributed by atoms with Gasteiger partial charge in [-0.2, -0.15) is 0 Å². The zero-order chi connectivity index (χ0) is 30.6. The maximum Gasteiger partial charge on any atom is 0.255 e. The quantitative estimate of drug-likeness (QED) is 0.201. The van der Waals surface area contributed by atoms with E-state index in [2.05, 4.69) is 0 Å². The van der Waals surface area contributed by atoms with Gasteiger partial charge in [0.2, 0.25) is 5.60 Å². The van der Waals surface area contributed by atoms with Crippen LogP contribution in [0.3, 0.4) is 0 Å². The molecule has 2 N–H and O–H groups in total. The summed E-state index contributed by atoms with van der Waals surface area (Å²) in [6, 6.07) is 33.3. The lowest BCUT2D eigenvalue weighted by atomic mass is 9.84. The first-order valence-electron chi connectivity index (χ1n) is 14.9. The summed E-state index contributed by atoms with van der Waals surface area (Å²) in [4.78, 5) is 13.2. The van der Waals surface area contributed by atoms with E-state index in [1.54, 1.807) is 0 Å². The number of carbonyl (C=O) groups is 1. The fourth-order valence-corrected chi connectivity index (χ4v) is 6.16. The third kappa shape index (κ3) is 6.25. The number of rotatable bonds is 12. The smallest absolute Gasteiger partial charge is 0.255 e. The number of amides is 1. The molecule has 0 radical (unpaired) electrons. The highest BCUT2D eigenvalue weighted by Crippen LogP contribution is 2.51. The number of nitrogens with two attached hydrogens (primary N) is 1. The number of hydrogen-bond donors (Lipinski definition) is 1. The van der Waals surface area contributed by atoms with E-state index in [0.29, 0.717) is 31.1 Å². The number of fused-ring (bicyclic) bond motifs is 2. The predicted molar refractivity (Wildman–Crippen MR) is 167 cm³/mol. The van der Waals surface area contributed by atoms with Crippen LogP contribution in [0.4, 0.5) is 0 Å². The number of hydrogen-bond acceptors (Lipinski definition) is 6. The average Bonchev–Trinajstić information content (AvgIpc) is 3.38. The summed E-state index contributed by atoms with van der Waals surface area (Å²) in [5, 5.41) is 0.620. The lowest BCUT2D eigenvalue weighted by Gasteiger charge is -2.45. The second kappa shape index (κ2) is 13.1. The summed E-state index contributed by atoms with van der Waals surface area (Å²) >= 11 is 6.69. The highest BCUT2D eigenvalue weighted by atomic mass is 35.5. The Bertz CT molecular complexity index is 1570. The highest BCUT2D eigenvalue weighted by Gasteiger charge is 2.67. The van der Waals surface area contributed by atoms with Crippen molar-refractivity contribution in [3.63, 3.8) is 0 Å². The van der Waals surface area contributed by atoms with Gasteiger partial charge in [-0.25, -0.2) is 0 Å². The van der Waals surface area contributed by atoms with E-state index >= 15 is 0 Å². The van der Waals surface area contributed by atoms with Crippen molar-refractivity contribution in [2.45, 2.75) is 56.6 Å². The number of ether oxygens (including phenoxy) is 5. The Kier molecular flexibility index (Phi) is 9.03. The fraction of sp³-hybridized carbons (Fsp3) is 0.306. The summed E-state index contributed by atoms with van der Waals surface area (Å²) in [6.07, 6.45) is -0.478. The lowest BCUT2D eigenvalue weighted by molar-refractivity contribution is -0.285. The third-order valence-electron chi connectivity index (χ3n) is 8.24. The van der Waals surface area contributed by atoms with Crippen LogP contribution in [-0.4, -0.2) is 36.9 Å². The first-order chi connectivity index (χ1) is 21.4. The van der Waals surface area contributed by atoms with E-state index < -0.39 is 29.5 Å². The molecule has 6 rings (SSSR count). The number of halogens is 1. The standard InChI is InChI=1S/C36H36ClNO6/c1-2-40-30-16-13-25(14-17-30)19-28-20-29(15-18-31(28)37)36-21-32(41-22-26-9-5-3-6-10-26)33(35(44-36,24-43-36)34(38)39)42-23-27-11-7-4-8-12-27/h3-18,20,32-33H,2,19,21-24H2,1H3,(H2,38,39)/t32-,33+,35+,36-/m1/s1. The molecule has 1 amide bonds. The van der Waals surface area contributed by atoms with Gasteiger partial charge in [-0.15, -0.1) is 0 Å². The first kappa shape index (κ1) is 30.3. The molecule has 2 bridgehead atoms. The molecular formula is C36H36ClNO6. The molecule has 0 unspecified atom stereocenters. The van der Waals surface area contributed by atoms with E-state index in [9.17, 15) is 4.79 Å². The zero-order valence-corrected chi connectivity index (χ0v) is 25.4. The van der Waals surface area contributed by atoms with Crippen molar-refractivity contribution in [3.8, 4) is 5.75 Å². The van der Waals surface area contributed by atoms with E-state index in [1.165, 1.54) is 0 Å². The highest BCUT2D eigenvalue weighted by molar-refractivity contribution is 6.31. The molecule has 0 spiro atoms. The molecule has 2 heterocycles. The van der Waals surface area contributed by atoms with Gasteiger partial charge >= 0.3 is 0 Å². The van der Waals surface area contributed by atoms with Crippen LogP contribution in [-0.2, 0) is 49.2 Å². The van der Waals surface area contributed by atoms with E-state index in [1.807, 2.05) is 110 Å². The van der Waals surface area contributed by atoms with Gasteiger partial charge in [0.15, 0.2) is 5.79 Å². The van der Waals surface area contributed by atoms with Crippen molar-refractivity contribution in [3.05, 3.63) is 136 Å². The van der Waals surface area contributed by atoms with E-state index in [0.717, 1.165) is 33.6 Å². The number of benzene rings is 4. The predicted octanol–water partition coefficient (Wildman–Crippen LogP) is 6.33. The van der Waals surface area contributed by atoms with Crippen molar-refractivity contribution in [2.24, 2.45) is 5.73 Å². The minimum Gasteiger partial charge on any atom is -0.494 e. The summed E-state index contributed by atoms with van der Waals surface area (Å²) in [5.41, 5.74) is 9.20. The van der Waals surface area contributed by atoms with Crippen LogP contribution in [0.15, 0.2) is 103 Å². The number of carbonyl (C=O) groups excluding carboxylic acids is 1. The fourth-order valence-electron chi connectivity index (χ4n) is 5.97. The SMILES string of the molecule is CCOc1ccc(Cc2cc([C@]34C[C@@H](OCc5ccccc5)[C@H](OCc5ccccc5)[C@](C(N)=O)(CO3)O4)ccc2Cl)cc1. The molecule has 0 aliphatic carbocycles. The van der Waals surface area contributed by atoms with Crippen LogP contribution in [0, 0.1) is 0 Å². The summed E-state index contributed by atoms with van der Waals surface area (Å²) in [7, 11) is 0. The van der Waals surface area contributed by atoms with Gasteiger partial charge in [0.1, 0.15) is 11.9 Å². The minimum atomic E-state index is -1.55.